The molecule has 0 aliphatic heterocycles. The third-order valence-electron chi connectivity index (χ3n) is 4.12. The van der Waals surface area contributed by atoms with E-state index in [2.05, 4.69) is 15.2 Å². The molecule has 1 atom stereocenters. The zero-order valence-electron chi connectivity index (χ0n) is 13.7. The Morgan fingerprint density at radius 2 is 2.00 bits per heavy atom. The highest BCUT2D eigenvalue weighted by Crippen LogP contribution is 2.26. The van der Waals surface area contributed by atoms with Gasteiger partial charge < -0.3 is 8.98 Å². The van der Waals surface area contributed by atoms with E-state index in [1.165, 1.54) is 29.3 Å². The molecule has 0 saturated heterocycles. The average molecular weight is 358 g/mol. The van der Waals surface area contributed by atoms with Crippen LogP contribution in [-0.4, -0.2) is 28.9 Å². The van der Waals surface area contributed by atoms with Gasteiger partial charge in [-0.05, 0) is 18.4 Å². The van der Waals surface area contributed by atoms with E-state index in [1.807, 2.05) is 24.4 Å². The number of aromatic nitrogens is 6. The maximum atomic E-state index is 12.5. The van der Waals surface area contributed by atoms with Crippen LogP contribution in [0.25, 0.3) is 21.9 Å². The first kappa shape index (κ1) is 15.5. The van der Waals surface area contributed by atoms with Crippen LogP contribution in [-0.2, 0) is 14.1 Å². The van der Waals surface area contributed by atoms with Crippen LogP contribution in [0.15, 0.2) is 37.8 Å². The molecule has 4 rings (SSSR count). The van der Waals surface area contributed by atoms with Crippen molar-refractivity contribution in [1.29, 1.82) is 0 Å². The van der Waals surface area contributed by atoms with E-state index in [9.17, 15) is 9.59 Å². The van der Waals surface area contributed by atoms with Gasteiger partial charge in [-0.2, -0.15) is 0 Å². The fourth-order valence-corrected chi connectivity index (χ4v) is 3.32. The van der Waals surface area contributed by atoms with Crippen molar-refractivity contribution in [2.45, 2.75) is 13.0 Å². The SMILES string of the molecule is C[C@H](c1nnc(-c2cccs2)o1)n1cnc2c1c(=O)n(C)c(=O)n2C. The molecule has 0 aliphatic rings. The van der Waals surface area contributed by atoms with Crippen LogP contribution in [0.1, 0.15) is 18.9 Å². The fraction of sp³-hybridized carbons (Fsp3) is 0.267. The molecule has 0 fully saturated rings. The molecule has 0 spiro atoms. The van der Waals surface area contributed by atoms with Gasteiger partial charge in [0, 0.05) is 14.1 Å². The monoisotopic (exact) mass is 358 g/mol. The lowest BCUT2D eigenvalue weighted by Gasteiger charge is -2.10. The average Bonchev–Trinajstić information content (AvgIpc) is 3.36. The summed E-state index contributed by atoms with van der Waals surface area (Å²) >= 11 is 1.50. The summed E-state index contributed by atoms with van der Waals surface area (Å²) in [5, 5.41) is 10.1. The number of rotatable bonds is 3. The molecule has 0 aliphatic carbocycles. The summed E-state index contributed by atoms with van der Waals surface area (Å²) in [7, 11) is 3.02. The summed E-state index contributed by atoms with van der Waals surface area (Å²) in [5.74, 6) is 0.792. The number of fused-ring (bicyclic) bond motifs is 1. The number of hydrogen-bond acceptors (Lipinski definition) is 7. The van der Waals surface area contributed by atoms with Crippen molar-refractivity contribution in [3.05, 3.63) is 50.6 Å². The number of nitrogens with zero attached hydrogens (tertiary/aromatic N) is 6. The minimum Gasteiger partial charge on any atom is -0.418 e. The van der Waals surface area contributed by atoms with E-state index in [0.717, 1.165) is 9.44 Å². The van der Waals surface area contributed by atoms with Crippen molar-refractivity contribution in [2.75, 3.05) is 0 Å². The molecule has 0 unspecified atom stereocenters. The van der Waals surface area contributed by atoms with E-state index in [-0.39, 0.29) is 0 Å². The Kier molecular flexibility index (Phi) is 3.42. The highest BCUT2D eigenvalue weighted by molar-refractivity contribution is 7.13. The minimum atomic E-state index is -0.423. The first-order valence-electron chi connectivity index (χ1n) is 7.49. The van der Waals surface area contributed by atoms with Gasteiger partial charge in [0.05, 0.1) is 11.2 Å². The van der Waals surface area contributed by atoms with Crippen LogP contribution in [0.4, 0.5) is 0 Å². The molecule has 4 aromatic rings. The Balaban J connectivity index is 1.85. The zero-order chi connectivity index (χ0) is 17.7. The molecule has 0 bridgehead atoms. The number of aryl methyl sites for hydroxylation is 1. The molecule has 0 amide bonds. The molecule has 0 saturated carbocycles. The Hall–Kier alpha value is -3.01. The molecular formula is C15H14N6O3S. The molecule has 25 heavy (non-hydrogen) atoms. The van der Waals surface area contributed by atoms with E-state index in [4.69, 9.17) is 4.42 Å². The Morgan fingerprint density at radius 3 is 2.72 bits per heavy atom. The Morgan fingerprint density at radius 1 is 1.20 bits per heavy atom. The highest BCUT2D eigenvalue weighted by Gasteiger charge is 2.22. The van der Waals surface area contributed by atoms with Gasteiger partial charge >= 0.3 is 5.69 Å². The fourth-order valence-electron chi connectivity index (χ4n) is 2.68. The molecule has 128 valence electrons. The van der Waals surface area contributed by atoms with Crippen molar-refractivity contribution in [3.8, 4) is 10.8 Å². The van der Waals surface area contributed by atoms with E-state index in [1.54, 1.807) is 11.6 Å². The third kappa shape index (κ3) is 2.25. The first-order chi connectivity index (χ1) is 12.0. The van der Waals surface area contributed by atoms with Crippen LogP contribution < -0.4 is 11.2 Å². The lowest BCUT2D eigenvalue weighted by atomic mass is 10.3. The standard InChI is InChI=1S/C15H14N6O3S/c1-8(12-17-18-13(24-12)9-5-4-6-25-9)21-7-16-11-10(21)14(22)20(3)15(23)19(11)2/h4-8H,1-3H3/t8-/m1/s1. The number of hydrogen-bond donors (Lipinski definition) is 0. The Bertz CT molecular complexity index is 1180. The van der Waals surface area contributed by atoms with Crippen LogP contribution in [0.2, 0.25) is 0 Å². The second-order valence-corrected chi connectivity index (χ2v) is 6.58. The number of imidazole rings is 1. The van der Waals surface area contributed by atoms with Crippen LogP contribution in [0, 0.1) is 0 Å². The highest BCUT2D eigenvalue weighted by atomic mass is 32.1. The predicted molar refractivity (Wildman–Crippen MR) is 91.6 cm³/mol. The molecule has 0 N–H and O–H groups in total. The van der Waals surface area contributed by atoms with Gasteiger partial charge in [0.25, 0.3) is 11.4 Å². The van der Waals surface area contributed by atoms with Crippen LogP contribution in [0.5, 0.6) is 0 Å². The molecular weight excluding hydrogens is 344 g/mol. The minimum absolute atomic E-state index is 0.313. The second kappa shape index (κ2) is 5.52. The van der Waals surface area contributed by atoms with Crippen molar-refractivity contribution < 1.29 is 4.42 Å². The quantitative estimate of drug-likeness (QED) is 0.545. The summed E-state index contributed by atoms with van der Waals surface area (Å²) in [4.78, 5) is 29.6. The van der Waals surface area contributed by atoms with Gasteiger partial charge in [-0.15, -0.1) is 21.5 Å². The normalized spacial score (nSPS) is 12.8. The molecule has 4 aromatic heterocycles. The van der Waals surface area contributed by atoms with E-state index < -0.39 is 17.3 Å². The third-order valence-corrected chi connectivity index (χ3v) is 4.98. The van der Waals surface area contributed by atoms with Crippen molar-refractivity contribution in [2.24, 2.45) is 14.1 Å². The van der Waals surface area contributed by atoms with Gasteiger partial charge in [0.2, 0.25) is 5.89 Å². The summed E-state index contributed by atoms with van der Waals surface area (Å²) < 4.78 is 9.78. The topological polar surface area (TPSA) is 101 Å². The van der Waals surface area contributed by atoms with Crippen LogP contribution >= 0.6 is 11.3 Å². The molecule has 10 heteroatoms. The summed E-state index contributed by atoms with van der Waals surface area (Å²) in [6.07, 6.45) is 1.51. The van der Waals surface area contributed by atoms with E-state index in [0.29, 0.717) is 22.9 Å². The van der Waals surface area contributed by atoms with Gasteiger partial charge in [-0.25, -0.2) is 9.78 Å². The molecule has 9 nitrogen and oxygen atoms in total. The molecule has 0 radical (unpaired) electrons. The molecule has 0 aromatic carbocycles. The maximum Gasteiger partial charge on any atom is 0.332 e. The van der Waals surface area contributed by atoms with Crippen molar-refractivity contribution in [3.63, 3.8) is 0 Å². The second-order valence-electron chi connectivity index (χ2n) is 5.63. The van der Waals surface area contributed by atoms with Gasteiger partial charge in [0.1, 0.15) is 6.04 Å². The smallest absolute Gasteiger partial charge is 0.332 e. The predicted octanol–water partition coefficient (Wildman–Crippen LogP) is 1.15. The van der Waals surface area contributed by atoms with E-state index >= 15 is 0 Å². The van der Waals surface area contributed by atoms with Crippen molar-refractivity contribution >= 4 is 22.5 Å². The van der Waals surface area contributed by atoms with Gasteiger partial charge in [-0.1, -0.05) is 6.07 Å². The maximum absolute atomic E-state index is 12.5. The van der Waals surface area contributed by atoms with Gasteiger partial charge in [-0.3, -0.25) is 13.9 Å². The first-order valence-corrected chi connectivity index (χ1v) is 8.37. The number of thiophene rings is 1. The summed E-state index contributed by atoms with van der Waals surface area (Å²) in [5.41, 5.74) is -0.209. The lowest BCUT2D eigenvalue weighted by Crippen LogP contribution is -2.37. The van der Waals surface area contributed by atoms with Gasteiger partial charge in [0.15, 0.2) is 11.2 Å². The largest absolute Gasteiger partial charge is 0.418 e. The lowest BCUT2D eigenvalue weighted by molar-refractivity contribution is 0.442. The zero-order valence-corrected chi connectivity index (χ0v) is 14.5. The Labute approximate surface area is 144 Å². The summed E-state index contributed by atoms with van der Waals surface area (Å²) in [6.45, 7) is 1.83. The van der Waals surface area contributed by atoms with Crippen molar-refractivity contribution in [1.82, 2.24) is 28.9 Å². The summed E-state index contributed by atoms with van der Waals surface area (Å²) in [6, 6.07) is 3.39. The molecule has 4 heterocycles. The van der Waals surface area contributed by atoms with Crippen LogP contribution in [0.3, 0.4) is 0 Å².